The Balaban J connectivity index is 0.000000440. The van der Waals surface area contributed by atoms with Gasteiger partial charge < -0.3 is 20.8 Å². The molecule has 1 fully saturated rings. The third-order valence-electron chi connectivity index (χ3n) is 5.03. The molecule has 1 atom stereocenters. The number of hydrogen-bond donors (Lipinski definition) is 4. The molecule has 0 spiro atoms. The molecule has 4 N–H and O–H groups in total. The van der Waals surface area contributed by atoms with Crippen molar-refractivity contribution in [3.05, 3.63) is 53.6 Å². The molecule has 0 radical (unpaired) electrons. The van der Waals surface area contributed by atoms with E-state index in [-0.39, 0.29) is 11.1 Å². The van der Waals surface area contributed by atoms with E-state index in [1.165, 1.54) is 6.20 Å². The number of aryl methyl sites for hydroxylation is 1. The predicted octanol–water partition coefficient (Wildman–Crippen LogP) is 3.88. The van der Waals surface area contributed by atoms with Crippen LogP contribution < -0.4 is 10.6 Å². The van der Waals surface area contributed by atoms with E-state index >= 15 is 0 Å². The molecule has 0 aliphatic carbocycles. The first-order chi connectivity index (χ1) is 15.8. The Morgan fingerprint density at radius 3 is 2.32 bits per heavy atom. The summed E-state index contributed by atoms with van der Waals surface area (Å²) in [6, 6.07) is 2.46. The summed E-state index contributed by atoms with van der Waals surface area (Å²) >= 11 is 0. The van der Waals surface area contributed by atoms with E-state index < -0.39 is 29.5 Å². The number of nitrogens with one attached hydrogen (secondary N) is 2. The van der Waals surface area contributed by atoms with Gasteiger partial charge in [-0.15, -0.1) is 0 Å². The fourth-order valence-corrected chi connectivity index (χ4v) is 3.25. The Labute approximate surface area is 192 Å². The maximum atomic E-state index is 14.2. The fourth-order valence-electron chi connectivity index (χ4n) is 3.25. The van der Waals surface area contributed by atoms with Crippen LogP contribution in [0.2, 0.25) is 0 Å². The van der Waals surface area contributed by atoms with Crippen LogP contribution in [-0.4, -0.2) is 50.7 Å². The zero-order chi connectivity index (χ0) is 25.5. The highest BCUT2D eigenvalue weighted by atomic mass is 19.4. The number of benzene rings is 1. The lowest BCUT2D eigenvalue weighted by Gasteiger charge is -2.24. The summed E-state index contributed by atoms with van der Waals surface area (Å²) in [4.78, 5) is 27.6. The zero-order valence-corrected chi connectivity index (χ0v) is 18.4. The smallest absolute Gasteiger partial charge is 0.416 e. The Kier molecular flexibility index (Phi) is 8.68. The maximum Gasteiger partial charge on any atom is 0.416 e. The number of carbonyl (C=O) groups is 2. The van der Waals surface area contributed by atoms with Crippen LogP contribution in [0.4, 0.5) is 23.5 Å². The zero-order valence-electron chi connectivity index (χ0n) is 18.4. The molecule has 0 unspecified atom stereocenters. The lowest BCUT2D eigenvalue weighted by molar-refractivity contribution is -0.137. The molecule has 2 heterocycles. The van der Waals surface area contributed by atoms with Gasteiger partial charge in [0.2, 0.25) is 5.95 Å². The molecule has 1 saturated heterocycles. The molecule has 0 amide bonds. The summed E-state index contributed by atoms with van der Waals surface area (Å²) in [5.41, 5.74) is -0.132. The van der Waals surface area contributed by atoms with Crippen LogP contribution in [0.1, 0.15) is 31.0 Å². The minimum Gasteiger partial charge on any atom is -0.478 e. The molecule has 1 aliphatic rings. The van der Waals surface area contributed by atoms with E-state index in [0.29, 0.717) is 42.0 Å². The van der Waals surface area contributed by atoms with Crippen molar-refractivity contribution in [1.82, 2.24) is 15.3 Å². The van der Waals surface area contributed by atoms with Gasteiger partial charge in [0.1, 0.15) is 5.82 Å². The minimum atomic E-state index is -4.58. The first-order valence-corrected chi connectivity index (χ1v) is 10.1. The van der Waals surface area contributed by atoms with E-state index in [2.05, 4.69) is 27.5 Å². The lowest BCUT2D eigenvalue weighted by Crippen LogP contribution is -2.43. The van der Waals surface area contributed by atoms with Gasteiger partial charge in [-0.25, -0.2) is 23.9 Å². The number of hydrogen-bond acceptors (Lipinski definition) is 6. The summed E-state index contributed by atoms with van der Waals surface area (Å²) in [6.07, 6.45) is 0.131. The number of aromatic nitrogens is 2. The number of carboxylic acid groups (broad SMARTS) is 2. The summed E-state index contributed by atoms with van der Waals surface area (Å²) in [5, 5.41) is 22.2. The standard InChI is InChI=1S/C18H20F4N4.C4H4O4/c1-11-14(13-5-4-12(8-15(13)19)18(20,21)22)9-23-16(26-11)24-10-17(2)6-3-7-25-17;5-3(6)1-2-4(7)8/h4-5,8-9,25H,3,6-7,10H2,1-2H3,(H,23,24,26);1-2H,(H,5,6)(H,7,8)/b;2-1+/t17-;/m0./s1. The van der Waals surface area contributed by atoms with Crippen molar-refractivity contribution < 1.29 is 37.4 Å². The summed E-state index contributed by atoms with van der Waals surface area (Å²) in [7, 11) is 0. The van der Waals surface area contributed by atoms with Crippen molar-refractivity contribution in [3.8, 4) is 11.1 Å². The molecule has 0 saturated carbocycles. The molecule has 2 aromatic rings. The number of anilines is 1. The van der Waals surface area contributed by atoms with Crippen molar-refractivity contribution in [2.45, 2.75) is 38.4 Å². The average molecular weight is 484 g/mol. The second-order valence-electron chi connectivity index (χ2n) is 7.84. The predicted molar refractivity (Wildman–Crippen MR) is 116 cm³/mol. The van der Waals surface area contributed by atoms with Gasteiger partial charge in [0.25, 0.3) is 0 Å². The third kappa shape index (κ3) is 7.80. The monoisotopic (exact) mass is 484 g/mol. The van der Waals surface area contributed by atoms with Gasteiger partial charge in [-0.3, -0.25) is 0 Å². The fraction of sp³-hybridized carbons (Fsp3) is 0.364. The van der Waals surface area contributed by atoms with Crippen LogP contribution in [0, 0.1) is 12.7 Å². The maximum absolute atomic E-state index is 14.2. The molecule has 0 bridgehead atoms. The number of aliphatic carboxylic acids is 2. The lowest BCUT2D eigenvalue weighted by atomic mass is 10.0. The third-order valence-corrected chi connectivity index (χ3v) is 5.03. The van der Waals surface area contributed by atoms with E-state index in [1.54, 1.807) is 6.92 Å². The topological polar surface area (TPSA) is 124 Å². The van der Waals surface area contributed by atoms with Gasteiger partial charge in [0.05, 0.1) is 11.3 Å². The van der Waals surface area contributed by atoms with Crippen LogP contribution in [0.5, 0.6) is 0 Å². The highest BCUT2D eigenvalue weighted by molar-refractivity contribution is 5.89. The number of alkyl halides is 3. The van der Waals surface area contributed by atoms with Crippen molar-refractivity contribution >= 4 is 17.9 Å². The van der Waals surface area contributed by atoms with E-state index in [9.17, 15) is 27.2 Å². The van der Waals surface area contributed by atoms with Crippen molar-refractivity contribution in [2.75, 3.05) is 18.4 Å². The molecule has 1 aliphatic heterocycles. The SMILES string of the molecule is Cc1nc(NC[C@]2(C)CCCN2)ncc1-c1ccc(C(F)(F)F)cc1F.O=C(O)/C=C/C(=O)O. The molecular formula is C22H24F4N4O4. The quantitative estimate of drug-likeness (QED) is 0.360. The average Bonchev–Trinajstić information content (AvgIpc) is 3.18. The Bertz CT molecular complexity index is 1050. The molecule has 34 heavy (non-hydrogen) atoms. The summed E-state index contributed by atoms with van der Waals surface area (Å²) in [5.74, 6) is -3.05. The number of halogens is 4. The van der Waals surface area contributed by atoms with Crippen molar-refractivity contribution in [3.63, 3.8) is 0 Å². The molecule has 12 heteroatoms. The van der Waals surface area contributed by atoms with E-state index in [4.69, 9.17) is 10.2 Å². The molecular weight excluding hydrogens is 460 g/mol. The van der Waals surface area contributed by atoms with Crippen LogP contribution in [-0.2, 0) is 15.8 Å². The molecule has 8 nitrogen and oxygen atoms in total. The Morgan fingerprint density at radius 2 is 1.85 bits per heavy atom. The molecule has 1 aromatic heterocycles. The minimum absolute atomic E-state index is 0.0184. The van der Waals surface area contributed by atoms with Gasteiger partial charge in [-0.1, -0.05) is 6.07 Å². The van der Waals surface area contributed by atoms with Gasteiger partial charge in [0.15, 0.2) is 0 Å². The van der Waals surface area contributed by atoms with Crippen molar-refractivity contribution in [2.24, 2.45) is 0 Å². The van der Waals surface area contributed by atoms with Gasteiger partial charge >= 0.3 is 18.1 Å². The van der Waals surface area contributed by atoms with E-state index in [0.717, 1.165) is 31.5 Å². The summed E-state index contributed by atoms with van der Waals surface area (Å²) in [6.45, 7) is 5.42. The molecule has 1 aromatic carbocycles. The number of carboxylic acids is 2. The normalized spacial score (nSPS) is 17.8. The number of nitrogens with zero attached hydrogens (tertiary/aromatic N) is 2. The first kappa shape index (κ1) is 26.7. The number of rotatable bonds is 6. The van der Waals surface area contributed by atoms with E-state index in [1.807, 2.05) is 0 Å². The Morgan fingerprint density at radius 1 is 1.21 bits per heavy atom. The highest BCUT2D eigenvalue weighted by Gasteiger charge is 2.31. The molecule has 184 valence electrons. The van der Waals surface area contributed by atoms with Crippen LogP contribution in [0.25, 0.3) is 11.1 Å². The Hall–Kier alpha value is -3.54. The highest BCUT2D eigenvalue weighted by Crippen LogP contribution is 2.33. The van der Waals surface area contributed by atoms with Crippen LogP contribution in [0.3, 0.4) is 0 Å². The van der Waals surface area contributed by atoms with Crippen LogP contribution in [0.15, 0.2) is 36.5 Å². The van der Waals surface area contributed by atoms with Gasteiger partial charge in [-0.05, 0) is 45.4 Å². The largest absolute Gasteiger partial charge is 0.478 e. The van der Waals surface area contributed by atoms with Gasteiger partial charge in [0, 0.05) is 41.6 Å². The van der Waals surface area contributed by atoms with Crippen LogP contribution >= 0.6 is 0 Å². The van der Waals surface area contributed by atoms with Crippen molar-refractivity contribution in [1.29, 1.82) is 0 Å². The first-order valence-electron chi connectivity index (χ1n) is 10.1. The second-order valence-corrected chi connectivity index (χ2v) is 7.84. The van der Waals surface area contributed by atoms with Gasteiger partial charge in [-0.2, -0.15) is 13.2 Å². The second kappa shape index (κ2) is 11.1. The summed E-state index contributed by atoms with van der Waals surface area (Å²) < 4.78 is 52.2. The molecule has 3 rings (SSSR count).